The highest BCUT2D eigenvalue weighted by Gasteiger charge is 2.43. The van der Waals surface area contributed by atoms with Crippen LogP contribution in [0.5, 0.6) is 0 Å². The Balaban J connectivity index is 0.00000154. The number of unbranched alkanes of at least 4 members (excludes halogenated alkanes) is 2. The van der Waals surface area contributed by atoms with Gasteiger partial charge in [-0.15, -0.1) is 0 Å². The van der Waals surface area contributed by atoms with Crippen LogP contribution in [-0.4, -0.2) is 28.8 Å². The number of carbonyl (C=O) groups excluding carboxylic acids is 1. The summed E-state index contributed by atoms with van der Waals surface area (Å²) in [7, 11) is 0. The van der Waals surface area contributed by atoms with Crippen molar-refractivity contribution in [1.29, 1.82) is 0 Å². The SMILES string of the molecule is CC.CCCCCNCC1=NC(=O)[C@](C)(C(C)C)S1. The van der Waals surface area contributed by atoms with E-state index in [1.165, 1.54) is 19.3 Å². The fraction of sp³-hybridized carbons (Fsp3) is 0.867. The highest BCUT2D eigenvalue weighted by molar-refractivity contribution is 8.16. The van der Waals surface area contributed by atoms with Gasteiger partial charge in [0.15, 0.2) is 0 Å². The summed E-state index contributed by atoms with van der Waals surface area (Å²) in [5.41, 5.74) is 0. The predicted octanol–water partition coefficient (Wildman–Crippen LogP) is 3.88. The van der Waals surface area contributed by atoms with Gasteiger partial charge in [0.25, 0.3) is 5.91 Å². The molecule has 0 saturated heterocycles. The van der Waals surface area contributed by atoms with Crippen LogP contribution >= 0.6 is 11.8 Å². The molecule has 0 aromatic heterocycles. The maximum absolute atomic E-state index is 11.8. The highest BCUT2D eigenvalue weighted by atomic mass is 32.2. The van der Waals surface area contributed by atoms with E-state index in [2.05, 4.69) is 31.1 Å². The quantitative estimate of drug-likeness (QED) is 0.722. The summed E-state index contributed by atoms with van der Waals surface area (Å²) in [5, 5.41) is 4.30. The number of rotatable bonds is 7. The number of aliphatic imine (C=N–C) groups is 1. The van der Waals surface area contributed by atoms with Crippen LogP contribution in [-0.2, 0) is 4.79 Å². The number of amides is 1. The molecule has 0 saturated carbocycles. The average molecular weight is 286 g/mol. The Labute approximate surface area is 123 Å². The smallest absolute Gasteiger partial charge is 0.263 e. The Morgan fingerprint density at radius 1 is 1.32 bits per heavy atom. The molecule has 1 atom stereocenters. The van der Waals surface area contributed by atoms with Crippen molar-refractivity contribution in [3.8, 4) is 0 Å². The molecule has 0 spiro atoms. The molecule has 1 aliphatic rings. The molecule has 0 aliphatic carbocycles. The largest absolute Gasteiger partial charge is 0.311 e. The van der Waals surface area contributed by atoms with Gasteiger partial charge in [-0.05, 0) is 25.8 Å². The van der Waals surface area contributed by atoms with Crippen LogP contribution in [0.15, 0.2) is 4.99 Å². The molecule has 112 valence electrons. The van der Waals surface area contributed by atoms with E-state index in [4.69, 9.17) is 0 Å². The van der Waals surface area contributed by atoms with E-state index in [0.29, 0.717) is 5.92 Å². The van der Waals surface area contributed by atoms with Crippen molar-refractivity contribution < 1.29 is 4.79 Å². The van der Waals surface area contributed by atoms with E-state index in [9.17, 15) is 4.79 Å². The van der Waals surface area contributed by atoms with E-state index >= 15 is 0 Å². The molecule has 1 amide bonds. The van der Waals surface area contributed by atoms with Gasteiger partial charge in [-0.25, -0.2) is 4.99 Å². The average Bonchev–Trinajstić information content (AvgIpc) is 2.68. The lowest BCUT2D eigenvalue weighted by Gasteiger charge is -2.24. The van der Waals surface area contributed by atoms with E-state index < -0.39 is 0 Å². The third-order valence-electron chi connectivity index (χ3n) is 3.32. The van der Waals surface area contributed by atoms with Gasteiger partial charge < -0.3 is 5.32 Å². The third-order valence-corrected chi connectivity index (χ3v) is 4.86. The zero-order chi connectivity index (χ0) is 14.9. The molecule has 0 aromatic rings. The first-order valence-electron chi connectivity index (χ1n) is 7.52. The first-order chi connectivity index (χ1) is 9.00. The van der Waals surface area contributed by atoms with Crippen LogP contribution in [0.25, 0.3) is 0 Å². The Bertz CT molecular complexity index is 303. The molecule has 1 rings (SSSR count). The van der Waals surface area contributed by atoms with Crippen molar-refractivity contribution in [3.63, 3.8) is 0 Å². The number of thioether (sulfide) groups is 1. The van der Waals surface area contributed by atoms with E-state index in [1.54, 1.807) is 11.8 Å². The third kappa shape index (κ3) is 5.65. The minimum atomic E-state index is -0.347. The molecular weight excluding hydrogens is 256 g/mol. The van der Waals surface area contributed by atoms with E-state index in [1.807, 2.05) is 20.8 Å². The summed E-state index contributed by atoms with van der Waals surface area (Å²) in [4.78, 5) is 16.0. The summed E-state index contributed by atoms with van der Waals surface area (Å²) in [6, 6.07) is 0. The molecule has 0 unspecified atom stereocenters. The Morgan fingerprint density at radius 2 is 1.95 bits per heavy atom. The van der Waals surface area contributed by atoms with Gasteiger partial charge in [0.05, 0.1) is 5.04 Å². The summed E-state index contributed by atoms with van der Waals surface area (Å²) in [6.07, 6.45) is 3.69. The molecule has 0 bridgehead atoms. The van der Waals surface area contributed by atoms with Gasteiger partial charge in [-0.3, -0.25) is 4.79 Å². The topological polar surface area (TPSA) is 41.5 Å². The number of nitrogens with zero attached hydrogens (tertiary/aromatic N) is 1. The van der Waals surface area contributed by atoms with Crippen LogP contribution in [0.2, 0.25) is 0 Å². The lowest BCUT2D eigenvalue weighted by atomic mass is 9.96. The van der Waals surface area contributed by atoms with Crippen LogP contribution in [0.3, 0.4) is 0 Å². The maximum Gasteiger partial charge on any atom is 0.263 e. The Kier molecular flexibility index (Phi) is 9.36. The Hall–Kier alpha value is -0.350. The standard InChI is InChI=1S/C13H24N2OS.C2H6/c1-5-6-7-8-14-9-11-15-12(16)13(4,17-11)10(2)3;1-2/h10,14H,5-9H2,1-4H3;1-2H3/t13-;/m0./s1. The van der Waals surface area contributed by atoms with Crippen molar-refractivity contribution in [3.05, 3.63) is 0 Å². The second-order valence-corrected chi connectivity index (χ2v) is 6.58. The summed E-state index contributed by atoms with van der Waals surface area (Å²) >= 11 is 1.63. The normalized spacial score (nSPS) is 22.3. The number of carbonyl (C=O) groups is 1. The highest BCUT2D eigenvalue weighted by Crippen LogP contribution is 2.39. The lowest BCUT2D eigenvalue weighted by molar-refractivity contribution is -0.120. The van der Waals surface area contributed by atoms with Crippen molar-refractivity contribution in [2.24, 2.45) is 10.9 Å². The minimum absolute atomic E-state index is 0.0304. The molecule has 0 radical (unpaired) electrons. The van der Waals surface area contributed by atoms with Crippen molar-refractivity contribution in [1.82, 2.24) is 5.32 Å². The molecule has 1 aliphatic heterocycles. The van der Waals surface area contributed by atoms with E-state index in [-0.39, 0.29) is 10.7 Å². The predicted molar refractivity (Wildman–Crippen MR) is 87.0 cm³/mol. The van der Waals surface area contributed by atoms with Gasteiger partial charge in [0, 0.05) is 6.54 Å². The number of nitrogens with one attached hydrogen (secondary N) is 1. The molecule has 3 nitrogen and oxygen atoms in total. The Morgan fingerprint density at radius 3 is 2.42 bits per heavy atom. The summed E-state index contributed by atoms with van der Waals surface area (Å²) in [6.45, 7) is 14.1. The molecular formula is C15H30N2OS. The van der Waals surface area contributed by atoms with Crippen molar-refractivity contribution in [2.75, 3.05) is 13.1 Å². The lowest BCUT2D eigenvalue weighted by Crippen LogP contribution is -2.33. The maximum atomic E-state index is 11.8. The van der Waals surface area contributed by atoms with Gasteiger partial charge in [0.1, 0.15) is 4.75 Å². The minimum Gasteiger partial charge on any atom is -0.311 e. The van der Waals surface area contributed by atoms with E-state index in [0.717, 1.165) is 18.1 Å². The van der Waals surface area contributed by atoms with Crippen molar-refractivity contribution >= 4 is 22.7 Å². The first-order valence-corrected chi connectivity index (χ1v) is 8.34. The summed E-state index contributed by atoms with van der Waals surface area (Å²) in [5.74, 6) is 0.351. The molecule has 4 heteroatoms. The van der Waals surface area contributed by atoms with Gasteiger partial charge in [-0.1, -0.05) is 59.2 Å². The van der Waals surface area contributed by atoms with Gasteiger partial charge in [0.2, 0.25) is 0 Å². The first kappa shape index (κ1) is 18.7. The van der Waals surface area contributed by atoms with Crippen molar-refractivity contribution in [2.45, 2.75) is 65.6 Å². The molecule has 1 N–H and O–H groups in total. The molecule has 0 fully saturated rings. The zero-order valence-corrected chi connectivity index (χ0v) is 14.2. The van der Waals surface area contributed by atoms with Crippen LogP contribution in [0, 0.1) is 5.92 Å². The fourth-order valence-corrected chi connectivity index (χ4v) is 2.83. The van der Waals surface area contributed by atoms with Crippen LogP contribution in [0.4, 0.5) is 0 Å². The van der Waals surface area contributed by atoms with Gasteiger partial charge in [-0.2, -0.15) is 0 Å². The second kappa shape index (κ2) is 9.54. The van der Waals surface area contributed by atoms with Gasteiger partial charge >= 0.3 is 0 Å². The molecule has 1 heterocycles. The monoisotopic (exact) mass is 286 g/mol. The molecule has 19 heavy (non-hydrogen) atoms. The fourth-order valence-electron chi connectivity index (χ4n) is 1.67. The van der Waals surface area contributed by atoms with Crippen LogP contribution in [0.1, 0.15) is 60.8 Å². The number of hydrogen-bond acceptors (Lipinski definition) is 3. The second-order valence-electron chi connectivity index (χ2n) is 5.06. The zero-order valence-electron chi connectivity index (χ0n) is 13.4. The number of hydrogen-bond donors (Lipinski definition) is 1. The van der Waals surface area contributed by atoms with Crippen LogP contribution < -0.4 is 5.32 Å². The summed E-state index contributed by atoms with van der Waals surface area (Å²) < 4.78 is -0.347. The molecule has 0 aromatic carbocycles.